The van der Waals surface area contributed by atoms with Crippen LogP contribution in [0.25, 0.3) is 0 Å². The smallest absolute Gasteiger partial charge is 0.161 e. The van der Waals surface area contributed by atoms with Crippen LogP contribution in [0.1, 0.15) is 52.0 Å². The fourth-order valence-corrected chi connectivity index (χ4v) is 1.54. The SMILES string of the molecule is CCCOc1ccc(C(C)C)cc1OCCC. The molecule has 0 saturated heterocycles. The molecule has 0 aliphatic carbocycles. The highest BCUT2D eigenvalue weighted by Crippen LogP contribution is 2.31. The van der Waals surface area contributed by atoms with Gasteiger partial charge in [0.15, 0.2) is 11.5 Å². The van der Waals surface area contributed by atoms with Crippen molar-refractivity contribution in [3.63, 3.8) is 0 Å². The summed E-state index contributed by atoms with van der Waals surface area (Å²) >= 11 is 0. The molecule has 0 fully saturated rings. The Kier molecular flexibility index (Phi) is 5.88. The summed E-state index contributed by atoms with van der Waals surface area (Å²) in [7, 11) is 0. The largest absolute Gasteiger partial charge is 0.490 e. The summed E-state index contributed by atoms with van der Waals surface area (Å²) in [5.74, 6) is 2.26. The van der Waals surface area contributed by atoms with Crippen LogP contribution in [0.3, 0.4) is 0 Å². The summed E-state index contributed by atoms with van der Waals surface area (Å²) in [5.41, 5.74) is 1.29. The molecule has 0 atom stereocenters. The molecule has 0 aliphatic rings. The topological polar surface area (TPSA) is 18.5 Å². The number of ether oxygens (including phenoxy) is 2. The van der Waals surface area contributed by atoms with Crippen molar-refractivity contribution in [2.75, 3.05) is 13.2 Å². The molecule has 1 rings (SSSR count). The number of rotatable bonds is 7. The maximum Gasteiger partial charge on any atom is 0.161 e. The third-order valence-electron chi connectivity index (χ3n) is 2.56. The van der Waals surface area contributed by atoms with Crippen molar-refractivity contribution in [2.24, 2.45) is 0 Å². The number of benzene rings is 1. The molecular formula is C15H24O2. The van der Waals surface area contributed by atoms with Crippen LogP contribution in [0.5, 0.6) is 11.5 Å². The van der Waals surface area contributed by atoms with Crippen molar-refractivity contribution >= 4 is 0 Å². The van der Waals surface area contributed by atoms with E-state index in [2.05, 4.69) is 39.8 Å². The predicted octanol–water partition coefficient (Wildman–Crippen LogP) is 4.39. The Morgan fingerprint density at radius 3 is 2.06 bits per heavy atom. The van der Waals surface area contributed by atoms with Gasteiger partial charge in [-0.05, 0) is 36.5 Å². The van der Waals surface area contributed by atoms with Gasteiger partial charge in [-0.15, -0.1) is 0 Å². The quantitative estimate of drug-likeness (QED) is 0.699. The summed E-state index contributed by atoms with van der Waals surface area (Å²) in [6, 6.07) is 6.25. The zero-order valence-corrected chi connectivity index (χ0v) is 11.5. The summed E-state index contributed by atoms with van der Waals surface area (Å²) < 4.78 is 11.4. The molecule has 96 valence electrons. The van der Waals surface area contributed by atoms with Crippen molar-refractivity contribution in [1.82, 2.24) is 0 Å². The Balaban J connectivity index is 2.86. The zero-order chi connectivity index (χ0) is 12.7. The molecule has 0 bridgehead atoms. The lowest BCUT2D eigenvalue weighted by Gasteiger charge is -2.14. The number of hydrogen-bond acceptors (Lipinski definition) is 2. The van der Waals surface area contributed by atoms with Crippen LogP contribution in [0.2, 0.25) is 0 Å². The van der Waals surface area contributed by atoms with Gasteiger partial charge in [0.1, 0.15) is 0 Å². The minimum atomic E-state index is 0.513. The van der Waals surface area contributed by atoms with E-state index in [1.807, 2.05) is 6.07 Å². The summed E-state index contributed by atoms with van der Waals surface area (Å²) in [5, 5.41) is 0. The third-order valence-corrected chi connectivity index (χ3v) is 2.56. The summed E-state index contributed by atoms with van der Waals surface area (Å²) in [6.07, 6.45) is 2.03. The average molecular weight is 236 g/mol. The second-order valence-electron chi connectivity index (χ2n) is 4.56. The van der Waals surface area contributed by atoms with Crippen molar-refractivity contribution in [3.8, 4) is 11.5 Å². The van der Waals surface area contributed by atoms with Crippen molar-refractivity contribution < 1.29 is 9.47 Å². The van der Waals surface area contributed by atoms with Gasteiger partial charge in [0.05, 0.1) is 13.2 Å². The molecule has 0 aromatic heterocycles. The summed E-state index contributed by atoms with van der Waals surface area (Å²) in [6.45, 7) is 10.1. The lowest BCUT2D eigenvalue weighted by molar-refractivity contribution is 0.268. The molecule has 0 radical (unpaired) electrons. The van der Waals surface area contributed by atoms with Crippen LogP contribution in [-0.4, -0.2) is 13.2 Å². The van der Waals surface area contributed by atoms with Gasteiger partial charge in [0.2, 0.25) is 0 Å². The van der Waals surface area contributed by atoms with E-state index in [4.69, 9.17) is 9.47 Å². The van der Waals surface area contributed by atoms with Crippen molar-refractivity contribution in [3.05, 3.63) is 23.8 Å². The molecule has 0 spiro atoms. The molecule has 1 aromatic rings. The van der Waals surface area contributed by atoms with Crippen LogP contribution >= 0.6 is 0 Å². The van der Waals surface area contributed by atoms with Gasteiger partial charge < -0.3 is 9.47 Å². The Bertz CT molecular complexity index is 332. The van der Waals surface area contributed by atoms with Gasteiger partial charge >= 0.3 is 0 Å². The third kappa shape index (κ3) is 4.29. The monoisotopic (exact) mass is 236 g/mol. The average Bonchev–Trinajstić information content (AvgIpc) is 2.34. The first kappa shape index (κ1) is 13.9. The Morgan fingerprint density at radius 2 is 1.53 bits per heavy atom. The van der Waals surface area contributed by atoms with Gasteiger partial charge in [0, 0.05) is 0 Å². The second kappa shape index (κ2) is 7.21. The first-order valence-corrected chi connectivity index (χ1v) is 6.58. The van der Waals surface area contributed by atoms with Crippen molar-refractivity contribution in [2.45, 2.75) is 46.5 Å². The van der Waals surface area contributed by atoms with Crippen molar-refractivity contribution in [1.29, 1.82) is 0 Å². The molecule has 0 aliphatic heterocycles. The van der Waals surface area contributed by atoms with Gasteiger partial charge in [-0.1, -0.05) is 33.8 Å². The van der Waals surface area contributed by atoms with E-state index in [-0.39, 0.29) is 0 Å². The molecule has 0 heterocycles. The van der Waals surface area contributed by atoms with Gasteiger partial charge in [-0.2, -0.15) is 0 Å². The van der Waals surface area contributed by atoms with Crippen LogP contribution in [-0.2, 0) is 0 Å². The lowest BCUT2D eigenvalue weighted by Crippen LogP contribution is -2.02. The maximum atomic E-state index is 5.75. The minimum absolute atomic E-state index is 0.513. The molecular weight excluding hydrogens is 212 g/mol. The molecule has 2 nitrogen and oxygen atoms in total. The molecule has 0 unspecified atom stereocenters. The Morgan fingerprint density at radius 1 is 0.941 bits per heavy atom. The first-order valence-electron chi connectivity index (χ1n) is 6.58. The number of hydrogen-bond donors (Lipinski definition) is 0. The molecule has 2 heteroatoms. The second-order valence-corrected chi connectivity index (χ2v) is 4.56. The Hall–Kier alpha value is -1.18. The van der Waals surface area contributed by atoms with E-state index >= 15 is 0 Å². The molecule has 17 heavy (non-hydrogen) atoms. The fourth-order valence-electron chi connectivity index (χ4n) is 1.54. The minimum Gasteiger partial charge on any atom is -0.490 e. The molecule has 0 N–H and O–H groups in total. The van der Waals surface area contributed by atoms with Crippen LogP contribution in [0.4, 0.5) is 0 Å². The van der Waals surface area contributed by atoms with E-state index in [9.17, 15) is 0 Å². The van der Waals surface area contributed by atoms with E-state index in [0.29, 0.717) is 5.92 Å². The fraction of sp³-hybridized carbons (Fsp3) is 0.600. The van der Waals surface area contributed by atoms with Crippen LogP contribution in [0.15, 0.2) is 18.2 Å². The lowest BCUT2D eigenvalue weighted by atomic mass is 10.0. The normalized spacial score (nSPS) is 10.6. The zero-order valence-electron chi connectivity index (χ0n) is 11.5. The Labute approximate surface area is 105 Å². The predicted molar refractivity (Wildman–Crippen MR) is 72.1 cm³/mol. The van der Waals surface area contributed by atoms with Crippen LogP contribution in [0, 0.1) is 0 Å². The summed E-state index contributed by atoms with van der Waals surface area (Å²) in [4.78, 5) is 0. The van der Waals surface area contributed by atoms with E-state index in [0.717, 1.165) is 37.6 Å². The van der Waals surface area contributed by atoms with Gasteiger partial charge in [0.25, 0.3) is 0 Å². The standard InChI is InChI=1S/C15H24O2/c1-5-9-16-14-8-7-13(12(3)4)11-15(14)17-10-6-2/h7-8,11-12H,5-6,9-10H2,1-4H3. The van der Waals surface area contributed by atoms with Gasteiger partial charge in [-0.3, -0.25) is 0 Å². The molecule has 0 amide bonds. The molecule has 1 aromatic carbocycles. The van der Waals surface area contributed by atoms with Crippen LogP contribution < -0.4 is 9.47 Å². The van der Waals surface area contributed by atoms with Gasteiger partial charge in [-0.25, -0.2) is 0 Å². The highest BCUT2D eigenvalue weighted by atomic mass is 16.5. The van der Waals surface area contributed by atoms with E-state index < -0.39 is 0 Å². The molecule has 0 saturated carbocycles. The first-order chi connectivity index (χ1) is 8.19. The maximum absolute atomic E-state index is 5.75. The highest BCUT2D eigenvalue weighted by molar-refractivity contribution is 5.43. The van der Waals surface area contributed by atoms with E-state index in [1.54, 1.807) is 0 Å². The van der Waals surface area contributed by atoms with E-state index in [1.165, 1.54) is 5.56 Å². The highest BCUT2D eigenvalue weighted by Gasteiger charge is 2.08.